The first-order valence-electron chi connectivity index (χ1n) is 9.68. The molecule has 2 N–H and O–H groups in total. The van der Waals surface area contributed by atoms with Crippen molar-refractivity contribution in [2.24, 2.45) is 0 Å². The van der Waals surface area contributed by atoms with Gasteiger partial charge < -0.3 is 15.4 Å². The molecule has 0 saturated heterocycles. The highest BCUT2D eigenvalue weighted by Crippen LogP contribution is 2.38. The van der Waals surface area contributed by atoms with E-state index in [9.17, 15) is 14.9 Å². The predicted molar refractivity (Wildman–Crippen MR) is 121 cm³/mol. The maximum Gasteiger partial charge on any atom is 0.262 e. The summed E-state index contributed by atoms with van der Waals surface area (Å²) in [4.78, 5) is 25.8. The number of para-hydroxylation sites is 1. The number of hydrogen-bond acceptors (Lipinski definition) is 5. The van der Waals surface area contributed by atoms with Crippen LogP contribution in [0.2, 0.25) is 5.02 Å². The number of nitrogens with one attached hydrogen (secondary N) is 2. The number of nitriles is 1. The Kier molecular flexibility index (Phi) is 6.21. The van der Waals surface area contributed by atoms with Crippen molar-refractivity contribution >= 4 is 45.4 Å². The van der Waals surface area contributed by atoms with Crippen LogP contribution in [0, 0.1) is 11.3 Å². The lowest BCUT2D eigenvalue weighted by atomic mass is 10.1. The van der Waals surface area contributed by atoms with E-state index in [4.69, 9.17) is 16.3 Å². The van der Waals surface area contributed by atoms with Gasteiger partial charge in [0.05, 0.1) is 16.3 Å². The van der Waals surface area contributed by atoms with Crippen LogP contribution in [-0.2, 0) is 17.6 Å². The molecule has 0 fully saturated rings. The number of nitrogens with zero attached hydrogens (tertiary/aromatic N) is 1. The minimum absolute atomic E-state index is 0.196. The van der Waals surface area contributed by atoms with Crippen molar-refractivity contribution < 1.29 is 14.3 Å². The van der Waals surface area contributed by atoms with E-state index in [1.54, 1.807) is 48.5 Å². The molecule has 0 unspecified atom stereocenters. The second-order valence-electron chi connectivity index (χ2n) is 6.97. The zero-order valence-corrected chi connectivity index (χ0v) is 18.0. The van der Waals surface area contributed by atoms with E-state index >= 15 is 0 Å². The topological polar surface area (TPSA) is 91.2 Å². The number of benzene rings is 2. The van der Waals surface area contributed by atoms with Gasteiger partial charge in [0, 0.05) is 10.4 Å². The highest BCUT2D eigenvalue weighted by Gasteiger charge is 2.23. The van der Waals surface area contributed by atoms with Crippen LogP contribution in [0.4, 0.5) is 10.7 Å². The van der Waals surface area contributed by atoms with Crippen molar-refractivity contribution in [3.05, 3.63) is 75.1 Å². The fourth-order valence-electron chi connectivity index (χ4n) is 3.38. The number of halogens is 1. The molecule has 6 nitrogen and oxygen atoms in total. The summed E-state index contributed by atoms with van der Waals surface area (Å²) in [7, 11) is 0. The predicted octanol–water partition coefficient (Wildman–Crippen LogP) is 5.03. The van der Waals surface area contributed by atoms with Gasteiger partial charge in [-0.25, -0.2) is 0 Å². The maximum atomic E-state index is 12.4. The van der Waals surface area contributed by atoms with E-state index in [1.807, 2.05) is 0 Å². The molecule has 1 heterocycles. The quantitative estimate of drug-likeness (QED) is 0.549. The minimum atomic E-state index is -0.336. The average Bonchev–Trinajstić information content (AvgIpc) is 3.35. The number of carbonyl (C=O) groups is 2. The van der Waals surface area contributed by atoms with Crippen LogP contribution in [0.3, 0.4) is 0 Å². The average molecular weight is 452 g/mol. The molecule has 4 rings (SSSR count). The zero-order valence-electron chi connectivity index (χ0n) is 16.4. The number of ether oxygens (including phenoxy) is 1. The minimum Gasteiger partial charge on any atom is -0.484 e. The van der Waals surface area contributed by atoms with Crippen LogP contribution in [0.5, 0.6) is 5.75 Å². The second-order valence-corrected chi connectivity index (χ2v) is 8.48. The summed E-state index contributed by atoms with van der Waals surface area (Å²) in [5, 5.41) is 16.0. The molecule has 3 aromatic rings. The van der Waals surface area contributed by atoms with E-state index in [0.29, 0.717) is 32.6 Å². The van der Waals surface area contributed by atoms with Crippen LogP contribution in [0.25, 0.3) is 0 Å². The summed E-state index contributed by atoms with van der Waals surface area (Å²) in [6.45, 7) is -0.196. The molecular weight excluding hydrogens is 434 g/mol. The highest BCUT2D eigenvalue weighted by molar-refractivity contribution is 7.16. The lowest BCUT2D eigenvalue weighted by Crippen LogP contribution is -2.20. The van der Waals surface area contributed by atoms with Gasteiger partial charge in [0.25, 0.3) is 11.8 Å². The molecule has 0 aliphatic heterocycles. The molecule has 31 heavy (non-hydrogen) atoms. The molecule has 0 bridgehead atoms. The summed E-state index contributed by atoms with van der Waals surface area (Å²) in [6.07, 6.45) is 2.90. The third-order valence-corrected chi connectivity index (χ3v) is 6.43. The Balaban J connectivity index is 1.32. The first-order chi connectivity index (χ1) is 15.0. The fourth-order valence-corrected chi connectivity index (χ4v) is 4.82. The number of aryl methyl sites for hydroxylation is 1. The van der Waals surface area contributed by atoms with Gasteiger partial charge >= 0.3 is 0 Å². The van der Waals surface area contributed by atoms with E-state index in [1.165, 1.54) is 16.2 Å². The van der Waals surface area contributed by atoms with Crippen molar-refractivity contribution in [1.82, 2.24) is 0 Å². The van der Waals surface area contributed by atoms with Crippen molar-refractivity contribution in [1.29, 1.82) is 5.26 Å². The zero-order chi connectivity index (χ0) is 21.8. The molecule has 0 radical (unpaired) electrons. The number of rotatable bonds is 6. The van der Waals surface area contributed by atoms with Gasteiger partial charge in [-0.15, -0.1) is 11.3 Å². The summed E-state index contributed by atoms with van der Waals surface area (Å²) in [6, 6.07) is 15.6. The van der Waals surface area contributed by atoms with Gasteiger partial charge in [-0.3, -0.25) is 9.59 Å². The van der Waals surface area contributed by atoms with E-state index in [2.05, 4.69) is 16.7 Å². The molecule has 0 saturated carbocycles. The smallest absolute Gasteiger partial charge is 0.262 e. The Morgan fingerprint density at radius 1 is 1.10 bits per heavy atom. The first kappa shape index (κ1) is 20.9. The number of anilines is 2. The highest BCUT2D eigenvalue weighted by atomic mass is 35.5. The van der Waals surface area contributed by atoms with Crippen molar-refractivity contribution in [3.63, 3.8) is 0 Å². The van der Waals surface area contributed by atoms with Crippen molar-refractivity contribution in [3.8, 4) is 11.8 Å². The standard InChI is InChI=1S/C23H18ClN3O3S/c24-18-5-1-2-6-19(18)26-22(29)14-8-10-15(11-9-14)30-13-21(28)27-23-17(12-25)16-4-3-7-20(16)31-23/h1-2,5-6,8-11H,3-4,7,13H2,(H,26,29)(H,27,28). The number of thiophene rings is 1. The Hall–Kier alpha value is -3.34. The number of carbonyl (C=O) groups excluding carboxylic acids is 2. The molecular formula is C23H18ClN3O3S. The van der Waals surface area contributed by atoms with Crippen LogP contribution in [0.15, 0.2) is 48.5 Å². The molecule has 8 heteroatoms. The molecule has 0 spiro atoms. The van der Waals surface area contributed by atoms with Crippen LogP contribution in [0.1, 0.15) is 32.8 Å². The van der Waals surface area contributed by atoms with Gasteiger partial charge in [-0.2, -0.15) is 5.26 Å². The Labute approximate surface area is 188 Å². The summed E-state index contributed by atoms with van der Waals surface area (Å²) in [5.74, 6) is -0.178. The van der Waals surface area contributed by atoms with E-state index < -0.39 is 0 Å². The number of amides is 2. The molecule has 156 valence electrons. The summed E-state index contributed by atoms with van der Waals surface area (Å²) >= 11 is 7.53. The lowest BCUT2D eigenvalue weighted by Gasteiger charge is -2.09. The van der Waals surface area contributed by atoms with Gasteiger partial charge in [0.15, 0.2) is 6.61 Å². The van der Waals surface area contributed by atoms with Crippen LogP contribution in [-0.4, -0.2) is 18.4 Å². The van der Waals surface area contributed by atoms with Crippen molar-refractivity contribution in [2.75, 3.05) is 17.2 Å². The van der Waals surface area contributed by atoms with Crippen molar-refractivity contribution in [2.45, 2.75) is 19.3 Å². The number of fused-ring (bicyclic) bond motifs is 1. The molecule has 1 aliphatic rings. The third-order valence-electron chi connectivity index (χ3n) is 4.89. The molecule has 2 amide bonds. The molecule has 0 atom stereocenters. The van der Waals surface area contributed by atoms with Gasteiger partial charge in [0.2, 0.25) is 0 Å². The normalized spacial score (nSPS) is 12.0. The number of hydrogen-bond donors (Lipinski definition) is 2. The maximum absolute atomic E-state index is 12.4. The summed E-state index contributed by atoms with van der Waals surface area (Å²) < 4.78 is 5.52. The van der Waals surface area contributed by atoms with Crippen LogP contribution >= 0.6 is 22.9 Å². The van der Waals surface area contributed by atoms with Gasteiger partial charge in [-0.05, 0) is 61.2 Å². The first-order valence-corrected chi connectivity index (χ1v) is 10.9. The van der Waals surface area contributed by atoms with E-state index in [0.717, 1.165) is 24.8 Å². The van der Waals surface area contributed by atoms with Crippen LogP contribution < -0.4 is 15.4 Å². The third kappa shape index (κ3) is 4.71. The SMILES string of the molecule is N#Cc1c(NC(=O)COc2ccc(C(=O)Nc3ccccc3Cl)cc2)sc2c1CCC2. The molecule has 1 aromatic heterocycles. The Morgan fingerprint density at radius 2 is 1.87 bits per heavy atom. The largest absolute Gasteiger partial charge is 0.484 e. The Bertz CT molecular complexity index is 1180. The van der Waals surface area contributed by atoms with Gasteiger partial charge in [-0.1, -0.05) is 23.7 Å². The lowest BCUT2D eigenvalue weighted by molar-refractivity contribution is -0.118. The van der Waals surface area contributed by atoms with Gasteiger partial charge in [0.1, 0.15) is 16.8 Å². The second kappa shape index (κ2) is 9.21. The fraction of sp³-hybridized carbons (Fsp3) is 0.174. The Morgan fingerprint density at radius 3 is 2.61 bits per heavy atom. The summed E-state index contributed by atoms with van der Waals surface area (Å²) in [5.41, 5.74) is 2.60. The molecule has 2 aromatic carbocycles. The monoisotopic (exact) mass is 451 g/mol. The molecule has 1 aliphatic carbocycles. The van der Waals surface area contributed by atoms with E-state index in [-0.39, 0.29) is 18.4 Å².